The van der Waals surface area contributed by atoms with Gasteiger partial charge in [-0.05, 0) is 25.0 Å². The predicted molar refractivity (Wildman–Crippen MR) is 71.9 cm³/mol. The molecule has 5 nitrogen and oxygen atoms in total. The van der Waals surface area contributed by atoms with E-state index in [4.69, 9.17) is 9.15 Å². The van der Waals surface area contributed by atoms with E-state index in [-0.39, 0.29) is 5.91 Å². The van der Waals surface area contributed by atoms with Crippen LogP contribution in [0.5, 0.6) is 0 Å². The minimum absolute atomic E-state index is 0.0784. The first-order valence-corrected chi connectivity index (χ1v) is 7.46. The van der Waals surface area contributed by atoms with Gasteiger partial charge < -0.3 is 14.5 Å². The average Bonchev–Trinajstić information content (AvgIpc) is 3.18. The number of nitrogens with zero attached hydrogens (tertiary/aromatic N) is 1. The van der Waals surface area contributed by atoms with Gasteiger partial charge in [-0.1, -0.05) is 0 Å². The van der Waals surface area contributed by atoms with E-state index in [0.717, 1.165) is 18.8 Å². The molecule has 0 aliphatic carbocycles. The van der Waals surface area contributed by atoms with Gasteiger partial charge in [0.15, 0.2) is 0 Å². The second-order valence-electron chi connectivity index (χ2n) is 6.17. The molecule has 3 fully saturated rings. The Labute approximate surface area is 118 Å². The molecular weight excluding hydrogens is 256 g/mol. The number of nitrogens with one attached hydrogen (secondary N) is 1. The maximum Gasteiger partial charge on any atom is 0.234 e. The number of furan rings is 1. The summed E-state index contributed by atoms with van der Waals surface area (Å²) < 4.78 is 11.2. The van der Waals surface area contributed by atoms with Crippen LogP contribution in [0.15, 0.2) is 22.8 Å². The zero-order valence-corrected chi connectivity index (χ0v) is 11.5. The van der Waals surface area contributed by atoms with Crippen molar-refractivity contribution in [3.05, 3.63) is 24.2 Å². The van der Waals surface area contributed by atoms with Gasteiger partial charge in [0.1, 0.15) is 5.76 Å². The fourth-order valence-corrected chi connectivity index (χ4v) is 4.03. The lowest BCUT2D eigenvalue weighted by molar-refractivity contribution is -0.122. The summed E-state index contributed by atoms with van der Waals surface area (Å²) in [7, 11) is 0. The summed E-state index contributed by atoms with van der Waals surface area (Å²) in [6.45, 7) is 2.99. The van der Waals surface area contributed by atoms with Gasteiger partial charge >= 0.3 is 0 Å². The Morgan fingerprint density at radius 1 is 1.30 bits per heavy atom. The van der Waals surface area contributed by atoms with Gasteiger partial charge in [0.05, 0.1) is 31.6 Å². The van der Waals surface area contributed by atoms with E-state index in [1.54, 1.807) is 6.26 Å². The normalized spacial score (nSPS) is 35.4. The third-order valence-electron chi connectivity index (χ3n) is 4.94. The molecule has 3 aliphatic heterocycles. The van der Waals surface area contributed by atoms with Crippen molar-refractivity contribution in [2.24, 2.45) is 11.8 Å². The van der Waals surface area contributed by atoms with E-state index in [2.05, 4.69) is 10.2 Å². The Morgan fingerprint density at radius 2 is 2.05 bits per heavy atom. The molecule has 1 aromatic rings. The summed E-state index contributed by atoms with van der Waals surface area (Å²) in [5.41, 5.74) is 0. The quantitative estimate of drug-likeness (QED) is 0.891. The zero-order chi connectivity index (χ0) is 13.5. The van der Waals surface area contributed by atoms with E-state index in [1.165, 1.54) is 12.8 Å². The SMILES string of the molecule is O=C(CN1C[C@@H]2[C@H](C1)[C@H]1CC[C@H]2O1)NCc1ccco1. The highest BCUT2D eigenvalue weighted by Crippen LogP contribution is 2.46. The minimum Gasteiger partial charge on any atom is -0.467 e. The van der Waals surface area contributed by atoms with Crippen LogP contribution in [-0.4, -0.2) is 42.6 Å². The smallest absolute Gasteiger partial charge is 0.234 e. The summed E-state index contributed by atoms with van der Waals surface area (Å²) in [4.78, 5) is 14.2. The van der Waals surface area contributed by atoms with Crippen molar-refractivity contribution in [3.63, 3.8) is 0 Å². The van der Waals surface area contributed by atoms with E-state index < -0.39 is 0 Å². The van der Waals surface area contributed by atoms with Crippen molar-refractivity contribution in [3.8, 4) is 0 Å². The van der Waals surface area contributed by atoms with Crippen LogP contribution in [-0.2, 0) is 16.1 Å². The summed E-state index contributed by atoms with van der Waals surface area (Å²) in [5, 5.41) is 2.91. The van der Waals surface area contributed by atoms with Gasteiger partial charge in [0.2, 0.25) is 5.91 Å². The Balaban J connectivity index is 1.27. The van der Waals surface area contributed by atoms with E-state index in [0.29, 0.717) is 37.1 Å². The molecule has 4 heterocycles. The highest BCUT2D eigenvalue weighted by molar-refractivity contribution is 5.78. The zero-order valence-electron chi connectivity index (χ0n) is 11.5. The van der Waals surface area contributed by atoms with Crippen LogP contribution >= 0.6 is 0 Å². The summed E-state index contributed by atoms with van der Waals surface area (Å²) in [6.07, 6.45) is 4.97. The van der Waals surface area contributed by atoms with Crippen molar-refractivity contribution in [1.29, 1.82) is 0 Å². The topological polar surface area (TPSA) is 54.7 Å². The Hall–Kier alpha value is -1.33. The lowest BCUT2D eigenvalue weighted by Gasteiger charge is -2.18. The lowest BCUT2D eigenvalue weighted by atomic mass is 9.82. The lowest BCUT2D eigenvalue weighted by Crippen LogP contribution is -2.36. The highest BCUT2D eigenvalue weighted by atomic mass is 16.5. The first kappa shape index (κ1) is 12.4. The first-order valence-electron chi connectivity index (χ1n) is 7.46. The van der Waals surface area contributed by atoms with Crippen molar-refractivity contribution < 1.29 is 13.9 Å². The number of rotatable bonds is 4. The molecule has 4 atom stereocenters. The molecule has 3 saturated heterocycles. The van der Waals surface area contributed by atoms with Crippen molar-refractivity contribution >= 4 is 5.91 Å². The number of carbonyl (C=O) groups excluding carboxylic acids is 1. The first-order chi connectivity index (χ1) is 9.79. The van der Waals surface area contributed by atoms with Crippen LogP contribution in [0.3, 0.4) is 0 Å². The predicted octanol–water partition coefficient (Wildman–Crippen LogP) is 1.00. The minimum atomic E-state index is 0.0784. The van der Waals surface area contributed by atoms with Crippen LogP contribution in [0, 0.1) is 11.8 Å². The molecule has 0 unspecified atom stereocenters. The second-order valence-corrected chi connectivity index (χ2v) is 6.17. The molecule has 0 spiro atoms. The molecule has 1 aromatic heterocycles. The molecule has 0 saturated carbocycles. The van der Waals surface area contributed by atoms with E-state index in [9.17, 15) is 4.79 Å². The number of hydrogen-bond donors (Lipinski definition) is 1. The molecule has 0 radical (unpaired) electrons. The number of likely N-dealkylation sites (tertiary alicyclic amines) is 1. The van der Waals surface area contributed by atoms with E-state index in [1.807, 2.05) is 12.1 Å². The maximum absolute atomic E-state index is 12.0. The summed E-state index contributed by atoms with van der Waals surface area (Å²) in [6, 6.07) is 3.70. The van der Waals surface area contributed by atoms with E-state index >= 15 is 0 Å². The Bertz CT molecular complexity index is 469. The standard InChI is InChI=1S/C15H20N2O3/c18-15(16-6-10-2-1-5-19-10)9-17-7-11-12(8-17)14-4-3-13(11)20-14/h1-2,5,11-14H,3-4,6-9H2,(H,16,18)/t11-,12+,13-,14-/m1/s1. The molecule has 1 amide bonds. The molecule has 0 aromatic carbocycles. The molecule has 1 N–H and O–H groups in total. The second kappa shape index (κ2) is 4.90. The Morgan fingerprint density at radius 3 is 2.70 bits per heavy atom. The van der Waals surface area contributed by atoms with Gasteiger partial charge in [-0.3, -0.25) is 9.69 Å². The van der Waals surface area contributed by atoms with Crippen LogP contribution < -0.4 is 5.32 Å². The van der Waals surface area contributed by atoms with Crippen LogP contribution in [0.1, 0.15) is 18.6 Å². The summed E-state index contributed by atoms with van der Waals surface area (Å²) in [5.74, 6) is 2.19. The molecule has 2 bridgehead atoms. The highest BCUT2D eigenvalue weighted by Gasteiger charge is 2.52. The fourth-order valence-electron chi connectivity index (χ4n) is 4.03. The Kier molecular flexibility index (Phi) is 3.04. The molecule has 108 valence electrons. The van der Waals surface area contributed by atoms with Crippen molar-refractivity contribution in [1.82, 2.24) is 10.2 Å². The van der Waals surface area contributed by atoms with Gasteiger partial charge in [0, 0.05) is 24.9 Å². The van der Waals surface area contributed by atoms with Gasteiger partial charge in [-0.2, -0.15) is 0 Å². The summed E-state index contributed by atoms with van der Waals surface area (Å²) >= 11 is 0. The number of ether oxygens (including phenoxy) is 1. The van der Waals surface area contributed by atoms with Crippen molar-refractivity contribution in [2.75, 3.05) is 19.6 Å². The molecule has 4 rings (SSSR count). The third kappa shape index (κ3) is 2.15. The molecule has 20 heavy (non-hydrogen) atoms. The molecule has 5 heteroatoms. The van der Waals surface area contributed by atoms with Crippen LogP contribution in [0.4, 0.5) is 0 Å². The molecular formula is C15H20N2O3. The third-order valence-corrected chi connectivity index (χ3v) is 4.94. The number of hydrogen-bond acceptors (Lipinski definition) is 4. The molecule has 3 aliphatic rings. The van der Waals surface area contributed by atoms with Crippen LogP contribution in [0.2, 0.25) is 0 Å². The van der Waals surface area contributed by atoms with Crippen LogP contribution in [0.25, 0.3) is 0 Å². The largest absolute Gasteiger partial charge is 0.467 e. The van der Waals surface area contributed by atoms with Gasteiger partial charge in [-0.25, -0.2) is 0 Å². The number of fused-ring (bicyclic) bond motifs is 5. The van der Waals surface area contributed by atoms with Gasteiger partial charge in [0.25, 0.3) is 0 Å². The fraction of sp³-hybridized carbons (Fsp3) is 0.667. The van der Waals surface area contributed by atoms with Crippen molar-refractivity contribution in [2.45, 2.75) is 31.6 Å². The monoisotopic (exact) mass is 276 g/mol. The average molecular weight is 276 g/mol. The number of amides is 1. The maximum atomic E-state index is 12.0. The number of carbonyl (C=O) groups is 1. The van der Waals surface area contributed by atoms with Gasteiger partial charge in [-0.15, -0.1) is 0 Å².